The zero-order chi connectivity index (χ0) is 15.5. The lowest BCUT2D eigenvalue weighted by molar-refractivity contribution is -0.120. The third-order valence-corrected chi connectivity index (χ3v) is 5.60. The molecule has 1 aromatic carbocycles. The quantitative estimate of drug-likeness (QED) is 0.766. The summed E-state index contributed by atoms with van der Waals surface area (Å²) in [4.78, 5) is 11.3. The number of sulfonamides is 1. The first kappa shape index (κ1) is 16.9. The smallest absolute Gasteiger partial charge is 0.243 e. The van der Waals surface area contributed by atoms with Gasteiger partial charge < -0.3 is 11.1 Å². The Morgan fingerprint density at radius 3 is 2.60 bits per heavy atom. The minimum atomic E-state index is -3.66. The fraction of sp³-hybridized carbons (Fsp3) is 0.417. The molecule has 0 unspecified atom stereocenters. The summed E-state index contributed by atoms with van der Waals surface area (Å²) in [7, 11) is -0.710. The normalized spacial score (nSPS) is 11.7. The molecule has 0 aromatic heterocycles. The van der Waals surface area contributed by atoms with E-state index in [2.05, 4.69) is 21.2 Å². The number of nitrogens with two attached hydrogens (primary N) is 1. The van der Waals surface area contributed by atoms with Crippen LogP contribution in [0, 0.1) is 6.92 Å². The molecule has 0 atom stereocenters. The highest BCUT2D eigenvalue weighted by atomic mass is 79.9. The van der Waals surface area contributed by atoms with Gasteiger partial charge >= 0.3 is 0 Å². The molecule has 0 heterocycles. The molecule has 1 amide bonds. The second-order valence-corrected chi connectivity index (χ2v) is 7.26. The van der Waals surface area contributed by atoms with Crippen molar-refractivity contribution < 1.29 is 13.2 Å². The van der Waals surface area contributed by atoms with E-state index in [1.807, 2.05) is 0 Å². The second kappa shape index (κ2) is 6.55. The number of halogens is 1. The predicted octanol–water partition coefficient (Wildman–Crippen LogP) is 1.10. The van der Waals surface area contributed by atoms with Crippen molar-refractivity contribution >= 4 is 37.5 Å². The van der Waals surface area contributed by atoms with Gasteiger partial charge in [0, 0.05) is 37.2 Å². The number of hydrogen-bond donors (Lipinski definition) is 2. The Morgan fingerprint density at radius 2 is 2.05 bits per heavy atom. The van der Waals surface area contributed by atoms with Gasteiger partial charge in [-0.15, -0.1) is 0 Å². The fourth-order valence-corrected chi connectivity index (χ4v) is 3.49. The largest absolute Gasteiger partial charge is 0.398 e. The van der Waals surface area contributed by atoms with Crippen LogP contribution in [-0.2, 0) is 14.8 Å². The first-order chi connectivity index (χ1) is 9.20. The average Bonchev–Trinajstić information content (AvgIpc) is 2.39. The molecule has 112 valence electrons. The number of rotatable bonds is 5. The number of nitrogen functional groups attached to an aromatic ring is 1. The van der Waals surface area contributed by atoms with Gasteiger partial charge in [0.1, 0.15) is 0 Å². The lowest BCUT2D eigenvalue weighted by Gasteiger charge is -2.18. The maximum Gasteiger partial charge on any atom is 0.243 e. The lowest BCUT2D eigenvalue weighted by Crippen LogP contribution is -2.31. The van der Waals surface area contributed by atoms with E-state index in [1.54, 1.807) is 13.0 Å². The van der Waals surface area contributed by atoms with E-state index in [1.165, 1.54) is 20.2 Å². The molecular weight excluding hydrogens is 346 g/mol. The first-order valence-corrected chi connectivity index (χ1v) is 8.16. The van der Waals surface area contributed by atoms with Gasteiger partial charge in [0.2, 0.25) is 15.9 Å². The Balaban J connectivity index is 3.04. The molecule has 20 heavy (non-hydrogen) atoms. The number of nitrogens with zero attached hydrogens (tertiary/aromatic N) is 1. The molecule has 6 nitrogen and oxygen atoms in total. The van der Waals surface area contributed by atoms with Crippen LogP contribution < -0.4 is 11.1 Å². The van der Waals surface area contributed by atoms with Crippen molar-refractivity contribution in [2.45, 2.75) is 18.2 Å². The first-order valence-electron chi connectivity index (χ1n) is 5.92. The molecule has 1 aromatic rings. The van der Waals surface area contributed by atoms with Gasteiger partial charge in [0.25, 0.3) is 0 Å². The average molecular weight is 364 g/mol. The molecule has 0 aliphatic heterocycles. The third kappa shape index (κ3) is 3.71. The number of anilines is 1. The number of aryl methyl sites for hydroxylation is 1. The van der Waals surface area contributed by atoms with Crippen LogP contribution in [0.4, 0.5) is 5.69 Å². The summed E-state index contributed by atoms with van der Waals surface area (Å²) in [5.41, 5.74) is 6.69. The van der Waals surface area contributed by atoms with E-state index >= 15 is 0 Å². The third-order valence-electron chi connectivity index (χ3n) is 2.92. The summed E-state index contributed by atoms with van der Waals surface area (Å²) in [6, 6.07) is 3.08. The van der Waals surface area contributed by atoms with Crippen molar-refractivity contribution in [3.05, 3.63) is 22.2 Å². The van der Waals surface area contributed by atoms with Crippen molar-refractivity contribution in [2.75, 3.05) is 26.4 Å². The Morgan fingerprint density at radius 1 is 1.45 bits per heavy atom. The van der Waals surface area contributed by atoms with Crippen molar-refractivity contribution in [3.8, 4) is 0 Å². The number of nitrogens with one attached hydrogen (secondary N) is 1. The number of carbonyl (C=O) groups excluding carboxylic acids is 1. The number of carbonyl (C=O) groups is 1. The summed E-state index contributed by atoms with van der Waals surface area (Å²) in [6.45, 7) is 1.81. The van der Waals surface area contributed by atoms with Gasteiger partial charge in [-0.2, -0.15) is 0 Å². The standard InChI is InChI=1S/C12H18BrN3O3S/c1-8-6-9(13)10(14)7-11(8)20(18,19)16(3)5-4-12(17)15-2/h6-7H,4-5,14H2,1-3H3,(H,15,17). The molecule has 0 spiro atoms. The Kier molecular flexibility index (Phi) is 5.55. The molecule has 8 heteroatoms. The minimum Gasteiger partial charge on any atom is -0.398 e. The topological polar surface area (TPSA) is 92.5 Å². The van der Waals surface area contributed by atoms with E-state index in [4.69, 9.17) is 5.73 Å². The van der Waals surface area contributed by atoms with Crippen LogP contribution in [0.5, 0.6) is 0 Å². The van der Waals surface area contributed by atoms with Crippen LogP contribution in [0.2, 0.25) is 0 Å². The molecule has 3 N–H and O–H groups in total. The van der Waals surface area contributed by atoms with Crippen LogP contribution in [0.25, 0.3) is 0 Å². The maximum atomic E-state index is 12.4. The van der Waals surface area contributed by atoms with E-state index in [9.17, 15) is 13.2 Å². The number of amides is 1. The van der Waals surface area contributed by atoms with Crippen LogP contribution in [-0.4, -0.2) is 39.3 Å². The van der Waals surface area contributed by atoms with Crippen LogP contribution in [0.15, 0.2) is 21.5 Å². The zero-order valence-corrected chi connectivity index (χ0v) is 14.0. The van der Waals surface area contributed by atoms with E-state index in [0.29, 0.717) is 15.7 Å². The van der Waals surface area contributed by atoms with Crippen molar-refractivity contribution in [1.82, 2.24) is 9.62 Å². The monoisotopic (exact) mass is 363 g/mol. The van der Waals surface area contributed by atoms with Crippen molar-refractivity contribution in [2.24, 2.45) is 0 Å². The van der Waals surface area contributed by atoms with Crippen molar-refractivity contribution in [1.29, 1.82) is 0 Å². The van der Waals surface area contributed by atoms with Gasteiger partial charge in [0.05, 0.1) is 4.90 Å². The Labute approximate surface area is 127 Å². The van der Waals surface area contributed by atoms with Crippen LogP contribution in [0.1, 0.15) is 12.0 Å². The molecular formula is C12H18BrN3O3S. The predicted molar refractivity (Wildman–Crippen MR) is 81.8 cm³/mol. The fourth-order valence-electron chi connectivity index (χ4n) is 1.62. The molecule has 0 saturated heterocycles. The van der Waals surface area contributed by atoms with E-state index in [-0.39, 0.29) is 23.8 Å². The summed E-state index contributed by atoms with van der Waals surface area (Å²) < 4.78 is 26.7. The van der Waals surface area contributed by atoms with Gasteiger partial charge in [-0.1, -0.05) is 0 Å². The van der Waals surface area contributed by atoms with Gasteiger partial charge in [-0.25, -0.2) is 12.7 Å². The lowest BCUT2D eigenvalue weighted by atomic mass is 10.2. The molecule has 0 bridgehead atoms. The molecule has 0 radical (unpaired) electrons. The second-order valence-electron chi connectivity index (χ2n) is 4.39. The summed E-state index contributed by atoms with van der Waals surface area (Å²) in [5.74, 6) is -0.209. The van der Waals surface area contributed by atoms with E-state index < -0.39 is 10.0 Å². The van der Waals surface area contributed by atoms with Crippen LogP contribution >= 0.6 is 15.9 Å². The molecule has 0 aliphatic carbocycles. The van der Waals surface area contributed by atoms with E-state index in [0.717, 1.165) is 4.31 Å². The summed E-state index contributed by atoms with van der Waals surface area (Å²) >= 11 is 3.26. The minimum absolute atomic E-state index is 0.108. The molecule has 0 saturated carbocycles. The Bertz CT molecular complexity index is 617. The van der Waals surface area contributed by atoms with Gasteiger partial charge in [-0.05, 0) is 40.5 Å². The summed E-state index contributed by atoms with van der Waals surface area (Å²) in [6.07, 6.45) is 0.108. The molecule has 0 aliphatic rings. The van der Waals surface area contributed by atoms with Gasteiger partial charge in [0.15, 0.2) is 0 Å². The highest BCUT2D eigenvalue weighted by Crippen LogP contribution is 2.28. The molecule has 0 fully saturated rings. The highest BCUT2D eigenvalue weighted by Gasteiger charge is 2.24. The highest BCUT2D eigenvalue weighted by molar-refractivity contribution is 9.10. The summed E-state index contributed by atoms with van der Waals surface area (Å²) in [5, 5.41) is 2.45. The Hall–Kier alpha value is -1.12. The number of hydrogen-bond acceptors (Lipinski definition) is 4. The number of benzene rings is 1. The van der Waals surface area contributed by atoms with Gasteiger partial charge in [-0.3, -0.25) is 4.79 Å². The van der Waals surface area contributed by atoms with Crippen molar-refractivity contribution in [3.63, 3.8) is 0 Å². The maximum absolute atomic E-state index is 12.4. The van der Waals surface area contributed by atoms with Crippen LogP contribution in [0.3, 0.4) is 0 Å². The zero-order valence-electron chi connectivity index (χ0n) is 11.6. The molecule has 1 rings (SSSR count). The SMILES string of the molecule is CNC(=O)CCN(C)S(=O)(=O)c1cc(N)c(Br)cc1C.